The second-order valence-corrected chi connectivity index (χ2v) is 5.67. The summed E-state index contributed by atoms with van der Waals surface area (Å²) in [6.07, 6.45) is 0. The zero-order valence-electron chi connectivity index (χ0n) is 10.7. The van der Waals surface area contributed by atoms with Crippen molar-refractivity contribution in [3.05, 3.63) is 17.7 Å². The molecule has 7 nitrogen and oxygen atoms in total. The first-order chi connectivity index (χ1) is 8.81. The maximum absolute atomic E-state index is 11.5. The Bertz CT molecular complexity index is 539. The molecule has 6 N–H and O–H groups in total. The molecule has 19 heavy (non-hydrogen) atoms. The van der Waals surface area contributed by atoms with Gasteiger partial charge in [-0.3, -0.25) is 0 Å². The van der Waals surface area contributed by atoms with Crippen LogP contribution in [0.4, 0.5) is 11.4 Å². The van der Waals surface area contributed by atoms with Crippen molar-refractivity contribution < 1.29 is 18.6 Å². The maximum atomic E-state index is 11.5. The van der Waals surface area contributed by atoms with E-state index >= 15 is 0 Å². The topological polar surface area (TPSA) is 130 Å². The lowest BCUT2D eigenvalue weighted by Crippen LogP contribution is -2.31. The van der Waals surface area contributed by atoms with Crippen LogP contribution in [0.1, 0.15) is 5.56 Å². The van der Waals surface area contributed by atoms with Crippen LogP contribution >= 0.6 is 0 Å². The number of nitrogens with zero attached hydrogens (tertiary/aromatic N) is 1. The fourth-order valence-electron chi connectivity index (χ4n) is 1.91. The molecular weight excluding hydrogens is 270 g/mol. The minimum absolute atomic E-state index is 0.0524. The number of anilines is 2. The fraction of sp³-hybridized carbons (Fsp3) is 0.455. The molecule has 0 aliphatic carbocycles. The Morgan fingerprint density at radius 2 is 1.74 bits per heavy atom. The van der Waals surface area contributed by atoms with E-state index in [0.29, 0.717) is 11.3 Å². The first-order valence-electron chi connectivity index (χ1n) is 5.71. The maximum Gasteiger partial charge on any atom is 0.238 e. The number of primary sulfonamides is 1. The van der Waals surface area contributed by atoms with E-state index in [2.05, 4.69) is 0 Å². The Morgan fingerprint density at radius 3 is 2.16 bits per heavy atom. The third kappa shape index (κ3) is 3.80. The van der Waals surface area contributed by atoms with Gasteiger partial charge in [-0.05, 0) is 24.6 Å². The van der Waals surface area contributed by atoms with Crippen LogP contribution in [0.2, 0.25) is 0 Å². The second-order valence-electron chi connectivity index (χ2n) is 4.14. The Morgan fingerprint density at radius 1 is 1.21 bits per heavy atom. The van der Waals surface area contributed by atoms with Gasteiger partial charge in [0.15, 0.2) is 0 Å². The average molecular weight is 289 g/mol. The first kappa shape index (κ1) is 15.7. The molecule has 0 aliphatic heterocycles. The largest absolute Gasteiger partial charge is 0.399 e. The van der Waals surface area contributed by atoms with Crippen molar-refractivity contribution in [3.8, 4) is 0 Å². The van der Waals surface area contributed by atoms with E-state index in [4.69, 9.17) is 21.1 Å². The highest BCUT2D eigenvalue weighted by atomic mass is 32.2. The highest BCUT2D eigenvalue weighted by molar-refractivity contribution is 7.89. The van der Waals surface area contributed by atoms with Gasteiger partial charge < -0.3 is 20.8 Å². The lowest BCUT2D eigenvalue weighted by atomic mass is 10.1. The van der Waals surface area contributed by atoms with Gasteiger partial charge in [-0.2, -0.15) is 0 Å². The van der Waals surface area contributed by atoms with Gasteiger partial charge in [0.1, 0.15) is 0 Å². The van der Waals surface area contributed by atoms with E-state index < -0.39 is 10.0 Å². The monoisotopic (exact) mass is 289 g/mol. The summed E-state index contributed by atoms with van der Waals surface area (Å²) < 4.78 is 23.0. The summed E-state index contributed by atoms with van der Waals surface area (Å²) in [5, 5.41) is 23.2. The summed E-state index contributed by atoms with van der Waals surface area (Å²) in [7, 11) is -3.87. The molecule has 0 saturated heterocycles. The number of nitrogens with two attached hydrogens (primary N) is 2. The zero-order chi connectivity index (χ0) is 14.6. The van der Waals surface area contributed by atoms with Gasteiger partial charge in [-0.1, -0.05) is 0 Å². The summed E-state index contributed by atoms with van der Waals surface area (Å²) in [4.78, 5) is 1.60. The number of aliphatic hydroxyl groups is 2. The normalized spacial score (nSPS) is 11.6. The van der Waals surface area contributed by atoms with Crippen molar-refractivity contribution in [2.24, 2.45) is 5.14 Å². The number of nitrogen functional groups attached to an aromatic ring is 1. The smallest absolute Gasteiger partial charge is 0.238 e. The van der Waals surface area contributed by atoms with Crippen LogP contribution in [0.25, 0.3) is 0 Å². The Balaban J connectivity index is 3.38. The minimum atomic E-state index is -3.87. The number of rotatable bonds is 6. The van der Waals surface area contributed by atoms with Gasteiger partial charge in [0.25, 0.3) is 0 Å². The van der Waals surface area contributed by atoms with E-state index in [1.54, 1.807) is 17.9 Å². The van der Waals surface area contributed by atoms with Crippen LogP contribution < -0.4 is 15.8 Å². The number of hydrogen-bond donors (Lipinski definition) is 4. The van der Waals surface area contributed by atoms with E-state index in [1.165, 1.54) is 6.07 Å². The molecule has 108 valence electrons. The van der Waals surface area contributed by atoms with Crippen molar-refractivity contribution in [1.29, 1.82) is 0 Å². The molecule has 0 aliphatic rings. The summed E-state index contributed by atoms with van der Waals surface area (Å²) >= 11 is 0. The molecule has 1 rings (SSSR count). The highest BCUT2D eigenvalue weighted by Crippen LogP contribution is 2.28. The van der Waals surface area contributed by atoms with Gasteiger partial charge in [0.2, 0.25) is 10.0 Å². The third-order valence-electron chi connectivity index (χ3n) is 2.74. The Hall–Kier alpha value is -1.35. The fourth-order valence-corrected chi connectivity index (χ4v) is 2.74. The molecule has 0 spiro atoms. The van der Waals surface area contributed by atoms with Crippen molar-refractivity contribution in [3.63, 3.8) is 0 Å². The molecule has 8 heteroatoms. The molecule has 0 fully saturated rings. The van der Waals surface area contributed by atoms with Gasteiger partial charge in [0.05, 0.1) is 18.1 Å². The summed E-state index contributed by atoms with van der Waals surface area (Å²) in [5.41, 5.74) is 6.92. The van der Waals surface area contributed by atoms with Crippen molar-refractivity contribution >= 4 is 21.4 Å². The molecule has 1 aromatic rings. The van der Waals surface area contributed by atoms with Gasteiger partial charge in [-0.25, -0.2) is 13.6 Å². The first-order valence-corrected chi connectivity index (χ1v) is 7.25. The lowest BCUT2D eigenvalue weighted by Gasteiger charge is -2.26. The lowest BCUT2D eigenvalue weighted by molar-refractivity contribution is 0.281. The molecule has 0 aromatic heterocycles. The molecule has 1 aromatic carbocycles. The van der Waals surface area contributed by atoms with Crippen molar-refractivity contribution in [2.45, 2.75) is 11.8 Å². The van der Waals surface area contributed by atoms with Crippen LogP contribution in [0.3, 0.4) is 0 Å². The van der Waals surface area contributed by atoms with Crippen LogP contribution in [0.15, 0.2) is 17.0 Å². The summed E-state index contributed by atoms with van der Waals surface area (Å²) in [5.74, 6) is 0. The average Bonchev–Trinajstić information content (AvgIpc) is 2.30. The predicted octanol–water partition coefficient (Wildman–Crippen LogP) is -0.984. The van der Waals surface area contributed by atoms with Crippen molar-refractivity contribution in [2.75, 3.05) is 36.9 Å². The van der Waals surface area contributed by atoms with Gasteiger partial charge in [-0.15, -0.1) is 0 Å². The van der Waals surface area contributed by atoms with E-state index in [0.717, 1.165) is 0 Å². The predicted molar refractivity (Wildman–Crippen MR) is 73.3 cm³/mol. The summed E-state index contributed by atoms with van der Waals surface area (Å²) in [6.45, 7) is 1.87. The van der Waals surface area contributed by atoms with E-state index in [1.807, 2.05) is 0 Å². The van der Waals surface area contributed by atoms with Crippen molar-refractivity contribution in [1.82, 2.24) is 0 Å². The van der Waals surface area contributed by atoms with Gasteiger partial charge >= 0.3 is 0 Å². The quantitative estimate of drug-likeness (QED) is 0.498. The molecule has 0 unspecified atom stereocenters. The number of aliphatic hydroxyl groups excluding tert-OH is 2. The van der Waals surface area contributed by atoms with Crippen LogP contribution in [0, 0.1) is 6.92 Å². The molecule has 0 saturated carbocycles. The third-order valence-corrected chi connectivity index (χ3v) is 3.78. The standard InChI is InChI=1S/C11H19N3O4S/c1-8-10(14(2-4-15)3-5-16)6-9(12)7-11(8)19(13,17)18/h6-7,15-16H,2-5,12H2,1H3,(H2,13,17,18). The zero-order valence-corrected chi connectivity index (χ0v) is 11.5. The highest BCUT2D eigenvalue weighted by Gasteiger charge is 2.18. The van der Waals surface area contributed by atoms with Crippen LogP contribution in [-0.4, -0.2) is 44.9 Å². The van der Waals surface area contributed by atoms with Crippen LogP contribution in [-0.2, 0) is 10.0 Å². The number of hydrogen-bond acceptors (Lipinski definition) is 6. The van der Waals surface area contributed by atoms with Crippen LogP contribution in [0.5, 0.6) is 0 Å². The molecule has 0 amide bonds. The van der Waals surface area contributed by atoms with E-state index in [-0.39, 0.29) is 36.9 Å². The second kappa shape index (κ2) is 6.20. The molecule has 0 atom stereocenters. The molecular formula is C11H19N3O4S. The molecule has 0 heterocycles. The molecule has 0 bridgehead atoms. The number of sulfonamides is 1. The van der Waals surface area contributed by atoms with E-state index in [9.17, 15) is 8.42 Å². The minimum Gasteiger partial charge on any atom is -0.399 e. The SMILES string of the molecule is Cc1c(N(CCO)CCO)cc(N)cc1S(N)(=O)=O. The summed E-state index contributed by atoms with van der Waals surface area (Å²) in [6, 6.07) is 2.89. The molecule has 0 radical (unpaired) electrons. The van der Waals surface area contributed by atoms with Gasteiger partial charge in [0, 0.05) is 24.5 Å². The number of benzene rings is 1. The Kier molecular flexibility index (Phi) is 5.12. The Labute approximate surface area is 112 Å².